The summed E-state index contributed by atoms with van der Waals surface area (Å²) in [5, 5.41) is 3.92. The van der Waals surface area contributed by atoms with Gasteiger partial charge in [-0.2, -0.15) is 23.1 Å². The molecule has 8 nitrogen and oxygen atoms in total. The minimum atomic E-state index is -4.88. The zero-order valence-electron chi connectivity index (χ0n) is 25.7. The molecule has 3 N–H and O–H groups in total. The van der Waals surface area contributed by atoms with Crippen molar-refractivity contribution < 1.29 is 26.7 Å². The monoisotopic (exact) mass is 641 g/mol. The first kappa shape index (κ1) is 29.7. The molecule has 0 saturated carbocycles. The molecule has 4 aromatic rings. The number of rotatable bonds is 5. The topological polar surface area (TPSA) is 84.5 Å². The van der Waals surface area contributed by atoms with Gasteiger partial charge >= 0.3 is 12.2 Å². The average molecular weight is 642 g/mol. The lowest BCUT2D eigenvalue weighted by molar-refractivity contribution is -0.137. The number of hydrogen-bond donors (Lipinski definition) is 2. The van der Waals surface area contributed by atoms with Crippen LogP contribution in [0.4, 0.5) is 33.5 Å². The third-order valence-electron chi connectivity index (χ3n) is 10.7. The molecule has 0 amide bonds. The highest BCUT2D eigenvalue weighted by atomic mass is 19.4. The van der Waals surface area contributed by atoms with Crippen molar-refractivity contribution >= 4 is 33.3 Å². The summed E-state index contributed by atoms with van der Waals surface area (Å²) < 4.78 is 84.4. The summed E-state index contributed by atoms with van der Waals surface area (Å²) in [5.74, 6) is -0.886. The Morgan fingerprint density at radius 3 is 2.57 bits per heavy atom. The molecule has 46 heavy (non-hydrogen) atoms. The van der Waals surface area contributed by atoms with Crippen LogP contribution in [0.3, 0.4) is 0 Å². The van der Waals surface area contributed by atoms with Gasteiger partial charge in [0.15, 0.2) is 5.82 Å². The number of anilines is 2. The van der Waals surface area contributed by atoms with E-state index in [0.717, 1.165) is 38.3 Å². The van der Waals surface area contributed by atoms with E-state index in [1.807, 2.05) is 4.90 Å². The quantitative estimate of drug-likeness (QED) is 0.213. The molecule has 2 aromatic heterocycles. The van der Waals surface area contributed by atoms with E-state index in [-0.39, 0.29) is 47.0 Å². The van der Waals surface area contributed by atoms with E-state index >= 15 is 4.39 Å². The van der Waals surface area contributed by atoms with Gasteiger partial charge in [-0.3, -0.25) is 4.90 Å². The second-order valence-corrected chi connectivity index (χ2v) is 13.5. The van der Waals surface area contributed by atoms with Gasteiger partial charge in [-0.15, -0.1) is 0 Å². The van der Waals surface area contributed by atoms with E-state index < -0.39 is 34.8 Å². The Hall–Kier alpha value is -3.71. The Balaban J connectivity index is 1.34. The molecule has 4 aliphatic rings. The molecule has 4 fully saturated rings. The van der Waals surface area contributed by atoms with Crippen LogP contribution in [0, 0.1) is 12.7 Å². The first-order chi connectivity index (χ1) is 21.9. The lowest BCUT2D eigenvalue weighted by Gasteiger charge is -2.35. The highest BCUT2D eigenvalue weighted by Gasteiger charge is 2.49. The summed E-state index contributed by atoms with van der Waals surface area (Å²) >= 11 is 0. The number of nitrogens with two attached hydrogens (primary N) is 1. The normalized spacial score (nSPS) is 26.5. The summed E-state index contributed by atoms with van der Waals surface area (Å²) in [4.78, 5) is 13.1. The molecule has 0 radical (unpaired) electrons. The van der Waals surface area contributed by atoms with Crippen LogP contribution in [0.2, 0.25) is 0 Å². The van der Waals surface area contributed by atoms with Crippen molar-refractivity contribution in [2.45, 2.75) is 69.0 Å². The lowest BCUT2D eigenvalue weighted by atomic mass is 9.93. The number of piperazine rings is 1. The zero-order chi connectivity index (χ0) is 32.1. The van der Waals surface area contributed by atoms with Crippen molar-refractivity contribution in [1.82, 2.24) is 24.8 Å². The molecular weight excluding hydrogens is 605 g/mol. The standard InChI is InChI=1S/C33H36F5N7O/c1-17-26(22-10-19(39)4-7-25(22)43(17)2)27-24(33(36,37)38)11-23-29(28(27)35)41-31(42-30(23)44-14-20-5-6-21(15-44)40-20)46-16-32-8-3-9-45(32)13-18(34)12-32/h4,7,10-11,18,20-21,40H,3,5-6,8-9,12-16,39H2,1-2H3/t18-,20?,21?,32+/m1/s1. The van der Waals surface area contributed by atoms with E-state index in [9.17, 15) is 17.6 Å². The largest absolute Gasteiger partial charge is 0.461 e. The van der Waals surface area contributed by atoms with Gasteiger partial charge < -0.3 is 25.3 Å². The molecule has 13 heteroatoms. The highest BCUT2D eigenvalue weighted by Crippen LogP contribution is 2.47. The number of halogens is 5. The van der Waals surface area contributed by atoms with Crippen molar-refractivity contribution in [3.05, 3.63) is 41.3 Å². The van der Waals surface area contributed by atoms with Gasteiger partial charge in [0.1, 0.15) is 24.1 Å². The van der Waals surface area contributed by atoms with Crippen molar-refractivity contribution in [3.63, 3.8) is 0 Å². The number of hydrogen-bond acceptors (Lipinski definition) is 7. The van der Waals surface area contributed by atoms with Gasteiger partial charge in [0, 0.05) is 84.0 Å². The van der Waals surface area contributed by atoms with Gasteiger partial charge in [0.05, 0.1) is 11.1 Å². The number of aromatic nitrogens is 3. The smallest absolute Gasteiger partial charge is 0.417 e. The molecule has 2 bridgehead atoms. The van der Waals surface area contributed by atoms with Gasteiger partial charge in [0.25, 0.3) is 0 Å². The van der Waals surface area contributed by atoms with Gasteiger partial charge in [-0.25, -0.2) is 8.78 Å². The average Bonchev–Trinajstić information content (AvgIpc) is 3.71. The Kier molecular flexibility index (Phi) is 6.71. The van der Waals surface area contributed by atoms with Crippen LogP contribution in [0.5, 0.6) is 6.01 Å². The SMILES string of the molecule is Cc1c(-c2c(C(F)(F)F)cc3c(N4CC5CCC(C4)N5)nc(OC[C@@]45CCCN4C[C@H](F)C5)nc3c2F)c2cc(N)ccc2n1C. The molecule has 244 valence electrons. The van der Waals surface area contributed by atoms with Crippen LogP contribution >= 0.6 is 0 Å². The van der Waals surface area contributed by atoms with Crippen LogP contribution in [0.15, 0.2) is 24.3 Å². The Labute approximate surface area is 262 Å². The minimum absolute atomic E-state index is 0.0232. The molecule has 4 saturated heterocycles. The second-order valence-electron chi connectivity index (χ2n) is 13.5. The van der Waals surface area contributed by atoms with Crippen LogP contribution < -0.4 is 20.7 Å². The number of nitrogens with one attached hydrogen (secondary N) is 1. The predicted molar refractivity (Wildman–Crippen MR) is 166 cm³/mol. The minimum Gasteiger partial charge on any atom is -0.461 e. The maximum atomic E-state index is 17.1. The van der Waals surface area contributed by atoms with Crippen molar-refractivity contribution in [1.29, 1.82) is 0 Å². The fourth-order valence-electron chi connectivity index (χ4n) is 8.49. The number of benzene rings is 2. The molecule has 4 aliphatic heterocycles. The number of fused-ring (bicyclic) bond motifs is 5. The maximum Gasteiger partial charge on any atom is 0.417 e. The molecule has 6 heterocycles. The van der Waals surface area contributed by atoms with Crippen LogP contribution in [0.25, 0.3) is 32.9 Å². The van der Waals surface area contributed by atoms with Crippen molar-refractivity contribution in [3.8, 4) is 17.1 Å². The fourth-order valence-corrected chi connectivity index (χ4v) is 8.49. The zero-order valence-corrected chi connectivity index (χ0v) is 25.7. The summed E-state index contributed by atoms with van der Waals surface area (Å²) in [5.41, 5.74) is 5.17. The second kappa shape index (κ2) is 10.4. The third kappa shape index (κ3) is 4.60. The maximum absolute atomic E-state index is 17.1. The molecule has 4 atom stereocenters. The van der Waals surface area contributed by atoms with E-state index in [0.29, 0.717) is 48.3 Å². The number of ether oxygens (including phenoxy) is 1. The number of nitrogen functional groups attached to an aromatic ring is 1. The van der Waals surface area contributed by atoms with Gasteiger partial charge in [-0.1, -0.05) is 0 Å². The molecule has 2 aromatic carbocycles. The van der Waals surface area contributed by atoms with Crippen LogP contribution in [-0.4, -0.2) is 76.0 Å². The van der Waals surface area contributed by atoms with Crippen LogP contribution in [-0.2, 0) is 13.2 Å². The first-order valence-corrected chi connectivity index (χ1v) is 15.9. The number of aryl methyl sites for hydroxylation is 1. The molecule has 2 unspecified atom stereocenters. The van der Waals surface area contributed by atoms with Gasteiger partial charge in [0.2, 0.25) is 0 Å². The Bertz CT molecular complexity index is 1860. The van der Waals surface area contributed by atoms with Crippen molar-refractivity contribution in [2.24, 2.45) is 7.05 Å². The first-order valence-electron chi connectivity index (χ1n) is 15.9. The molecule has 0 aliphatic carbocycles. The summed E-state index contributed by atoms with van der Waals surface area (Å²) in [6.45, 7) is 3.90. The van der Waals surface area contributed by atoms with Crippen molar-refractivity contribution in [2.75, 3.05) is 43.4 Å². The Morgan fingerprint density at radius 2 is 1.83 bits per heavy atom. The predicted octanol–water partition coefficient (Wildman–Crippen LogP) is 5.73. The van der Waals surface area contributed by atoms with E-state index in [1.165, 1.54) is 0 Å². The third-order valence-corrected chi connectivity index (χ3v) is 10.7. The summed E-state index contributed by atoms with van der Waals surface area (Å²) in [7, 11) is 1.73. The van der Waals surface area contributed by atoms with Crippen LogP contribution in [0.1, 0.15) is 43.4 Å². The molecule has 8 rings (SSSR count). The summed E-state index contributed by atoms with van der Waals surface area (Å²) in [6.07, 6.45) is -1.98. The Morgan fingerprint density at radius 1 is 1.07 bits per heavy atom. The van der Waals surface area contributed by atoms with E-state index in [2.05, 4.69) is 20.2 Å². The lowest BCUT2D eigenvalue weighted by Crippen LogP contribution is -2.51. The summed E-state index contributed by atoms with van der Waals surface area (Å²) in [6, 6.07) is 6.11. The van der Waals surface area contributed by atoms with E-state index in [4.69, 9.17) is 10.5 Å². The van der Waals surface area contributed by atoms with Gasteiger partial charge in [-0.05, 0) is 63.4 Å². The molecular formula is C33H36F5N7O. The number of nitrogens with zero attached hydrogens (tertiary/aromatic N) is 5. The fraction of sp³-hybridized carbons (Fsp3) is 0.515. The molecule has 0 spiro atoms. The van der Waals surface area contributed by atoms with E-state index in [1.54, 1.807) is 36.7 Å². The number of alkyl halides is 4. The highest BCUT2D eigenvalue weighted by molar-refractivity contribution is 6.04.